The number of hydrogen-bond donors (Lipinski definition) is 1. The highest BCUT2D eigenvalue weighted by atomic mass is 127. The second-order valence-electron chi connectivity index (χ2n) is 4.18. The van der Waals surface area contributed by atoms with Gasteiger partial charge in [0, 0.05) is 15.2 Å². The Labute approximate surface area is 113 Å². The summed E-state index contributed by atoms with van der Waals surface area (Å²) in [5, 5.41) is 7.32. The van der Waals surface area contributed by atoms with Gasteiger partial charge < -0.3 is 9.84 Å². The van der Waals surface area contributed by atoms with Gasteiger partial charge in [-0.1, -0.05) is 5.16 Å². The van der Waals surface area contributed by atoms with Crippen molar-refractivity contribution in [2.75, 3.05) is 0 Å². The Morgan fingerprint density at radius 3 is 2.76 bits per heavy atom. The lowest BCUT2D eigenvalue weighted by atomic mass is 10.2. The Bertz CT molecular complexity index is 505. The number of benzene rings is 1. The summed E-state index contributed by atoms with van der Waals surface area (Å²) in [4.78, 5) is 4.37. The van der Waals surface area contributed by atoms with Crippen molar-refractivity contribution in [1.29, 1.82) is 0 Å². The van der Waals surface area contributed by atoms with Crippen molar-refractivity contribution in [3.63, 3.8) is 0 Å². The molecule has 1 heterocycles. The summed E-state index contributed by atoms with van der Waals surface area (Å²) in [6.07, 6.45) is 2.53. The monoisotopic (exact) mass is 341 g/mol. The zero-order valence-electron chi connectivity index (χ0n) is 9.19. The Kier molecular flexibility index (Phi) is 3.11. The van der Waals surface area contributed by atoms with Gasteiger partial charge in [0.15, 0.2) is 5.82 Å². The van der Waals surface area contributed by atoms with Crippen LogP contribution in [-0.2, 0) is 6.54 Å². The van der Waals surface area contributed by atoms with E-state index in [0.29, 0.717) is 18.5 Å². The maximum Gasteiger partial charge on any atom is 0.257 e. The minimum Gasteiger partial charge on any atom is -0.334 e. The zero-order chi connectivity index (χ0) is 11.7. The van der Waals surface area contributed by atoms with E-state index in [1.807, 2.05) is 24.3 Å². The van der Waals surface area contributed by atoms with Crippen LogP contribution < -0.4 is 5.32 Å². The molecule has 0 unspecified atom stereocenters. The number of hydrogen-bond acceptors (Lipinski definition) is 4. The number of nitrogens with zero attached hydrogens (tertiary/aromatic N) is 2. The molecule has 4 nitrogen and oxygen atoms in total. The van der Waals surface area contributed by atoms with Gasteiger partial charge in [-0.3, -0.25) is 0 Å². The molecule has 0 bridgehead atoms. The molecule has 88 valence electrons. The van der Waals surface area contributed by atoms with Crippen molar-refractivity contribution in [2.45, 2.75) is 25.4 Å². The van der Waals surface area contributed by atoms with Gasteiger partial charge in [0.25, 0.3) is 5.89 Å². The fraction of sp³-hybridized carbons (Fsp3) is 0.333. The van der Waals surface area contributed by atoms with Crippen molar-refractivity contribution in [1.82, 2.24) is 15.5 Å². The molecule has 2 aromatic rings. The zero-order valence-corrected chi connectivity index (χ0v) is 11.3. The molecular weight excluding hydrogens is 329 g/mol. The van der Waals surface area contributed by atoms with Gasteiger partial charge in [0.05, 0.1) is 6.54 Å². The molecule has 0 radical (unpaired) electrons. The molecule has 3 rings (SSSR count). The summed E-state index contributed by atoms with van der Waals surface area (Å²) in [6, 6.07) is 8.71. The van der Waals surface area contributed by atoms with Gasteiger partial charge in [-0.25, -0.2) is 0 Å². The predicted octanol–water partition coefficient (Wildman–Crippen LogP) is 2.59. The van der Waals surface area contributed by atoms with Crippen molar-refractivity contribution >= 4 is 22.6 Å². The molecule has 0 amide bonds. The van der Waals surface area contributed by atoms with E-state index in [1.165, 1.54) is 16.4 Å². The minimum absolute atomic E-state index is 0.592. The highest BCUT2D eigenvalue weighted by Gasteiger charge is 2.21. The SMILES string of the molecule is Ic1ccc(-c2nc(CNC3CC3)no2)cc1. The molecule has 1 aromatic heterocycles. The van der Waals surface area contributed by atoms with Crippen LogP contribution in [0.15, 0.2) is 28.8 Å². The van der Waals surface area contributed by atoms with E-state index < -0.39 is 0 Å². The highest BCUT2D eigenvalue weighted by molar-refractivity contribution is 14.1. The quantitative estimate of drug-likeness (QED) is 0.869. The largest absolute Gasteiger partial charge is 0.334 e. The summed E-state index contributed by atoms with van der Waals surface area (Å²) in [6.45, 7) is 0.693. The average Bonchev–Trinajstić information content (AvgIpc) is 3.06. The Morgan fingerprint density at radius 1 is 1.29 bits per heavy atom. The summed E-state index contributed by atoms with van der Waals surface area (Å²) >= 11 is 2.27. The van der Waals surface area contributed by atoms with E-state index in [2.05, 4.69) is 38.0 Å². The molecule has 0 atom stereocenters. The van der Waals surface area contributed by atoms with Gasteiger partial charge in [0.1, 0.15) is 0 Å². The highest BCUT2D eigenvalue weighted by Crippen LogP contribution is 2.20. The van der Waals surface area contributed by atoms with E-state index >= 15 is 0 Å². The molecule has 1 N–H and O–H groups in total. The van der Waals surface area contributed by atoms with Gasteiger partial charge in [-0.15, -0.1) is 0 Å². The molecule has 0 saturated heterocycles. The second kappa shape index (κ2) is 4.73. The third kappa shape index (κ3) is 2.84. The molecule has 0 aliphatic heterocycles. The van der Waals surface area contributed by atoms with Crippen LogP contribution in [0.2, 0.25) is 0 Å². The van der Waals surface area contributed by atoms with E-state index in [4.69, 9.17) is 4.52 Å². The fourth-order valence-corrected chi connectivity index (χ4v) is 1.92. The number of halogens is 1. The van der Waals surface area contributed by atoms with Gasteiger partial charge >= 0.3 is 0 Å². The molecule has 1 saturated carbocycles. The topological polar surface area (TPSA) is 51.0 Å². The van der Waals surface area contributed by atoms with Gasteiger partial charge in [-0.05, 0) is 59.7 Å². The van der Waals surface area contributed by atoms with Crippen LogP contribution in [0.4, 0.5) is 0 Å². The maximum atomic E-state index is 5.24. The maximum absolute atomic E-state index is 5.24. The first-order valence-electron chi connectivity index (χ1n) is 5.63. The Hall–Kier alpha value is -0.950. The second-order valence-corrected chi connectivity index (χ2v) is 5.42. The van der Waals surface area contributed by atoms with Crippen molar-refractivity contribution in [2.24, 2.45) is 0 Å². The standard InChI is InChI=1S/C12H12IN3O/c13-9-3-1-8(2-4-9)12-15-11(16-17-12)7-14-10-5-6-10/h1-4,10,14H,5-7H2. The lowest BCUT2D eigenvalue weighted by molar-refractivity contribution is 0.419. The normalized spacial score (nSPS) is 15.1. The average molecular weight is 341 g/mol. The van der Waals surface area contributed by atoms with E-state index in [9.17, 15) is 0 Å². The molecule has 1 fully saturated rings. The van der Waals surface area contributed by atoms with Crippen molar-refractivity contribution in [3.05, 3.63) is 33.7 Å². The Morgan fingerprint density at radius 2 is 2.06 bits per heavy atom. The van der Waals surface area contributed by atoms with Crippen molar-refractivity contribution < 1.29 is 4.52 Å². The van der Waals surface area contributed by atoms with Crippen LogP contribution in [0.1, 0.15) is 18.7 Å². The first-order chi connectivity index (χ1) is 8.31. The van der Waals surface area contributed by atoms with Crippen LogP contribution in [0.5, 0.6) is 0 Å². The van der Waals surface area contributed by atoms with Crippen LogP contribution in [0.3, 0.4) is 0 Å². The third-order valence-electron chi connectivity index (χ3n) is 2.69. The summed E-state index contributed by atoms with van der Waals surface area (Å²) < 4.78 is 6.44. The van der Waals surface area contributed by atoms with E-state index in [0.717, 1.165) is 11.4 Å². The summed E-state index contributed by atoms with van der Waals surface area (Å²) in [5.41, 5.74) is 0.968. The van der Waals surface area contributed by atoms with Crippen LogP contribution in [0, 0.1) is 3.57 Å². The Balaban J connectivity index is 1.72. The molecule has 1 aliphatic rings. The van der Waals surface area contributed by atoms with Crippen molar-refractivity contribution in [3.8, 4) is 11.5 Å². The molecule has 17 heavy (non-hydrogen) atoms. The van der Waals surface area contributed by atoms with Crippen LogP contribution >= 0.6 is 22.6 Å². The molecule has 0 spiro atoms. The number of nitrogens with one attached hydrogen (secondary N) is 1. The third-order valence-corrected chi connectivity index (χ3v) is 3.40. The smallest absolute Gasteiger partial charge is 0.257 e. The lowest BCUT2D eigenvalue weighted by Crippen LogP contribution is -2.16. The summed E-state index contributed by atoms with van der Waals surface area (Å²) in [5.74, 6) is 1.32. The van der Waals surface area contributed by atoms with Crippen LogP contribution in [-0.4, -0.2) is 16.2 Å². The van der Waals surface area contributed by atoms with E-state index in [1.54, 1.807) is 0 Å². The minimum atomic E-state index is 0.592. The molecule has 1 aromatic carbocycles. The lowest BCUT2D eigenvalue weighted by Gasteiger charge is -1.95. The molecular formula is C12H12IN3O. The first kappa shape index (κ1) is 11.2. The van der Waals surface area contributed by atoms with Gasteiger partial charge in [0.2, 0.25) is 0 Å². The summed E-state index contributed by atoms with van der Waals surface area (Å²) in [7, 11) is 0. The molecule has 1 aliphatic carbocycles. The van der Waals surface area contributed by atoms with E-state index in [-0.39, 0.29) is 0 Å². The first-order valence-corrected chi connectivity index (χ1v) is 6.71. The number of aromatic nitrogens is 2. The van der Waals surface area contributed by atoms with Gasteiger partial charge in [-0.2, -0.15) is 4.98 Å². The van der Waals surface area contributed by atoms with Crippen LogP contribution in [0.25, 0.3) is 11.5 Å². The number of rotatable bonds is 4. The fourth-order valence-electron chi connectivity index (χ4n) is 1.56. The molecule has 5 heteroatoms. The predicted molar refractivity (Wildman–Crippen MR) is 72.3 cm³/mol.